The molecule has 1 aliphatic heterocycles. The number of esters is 1. The van der Waals surface area contributed by atoms with Crippen LogP contribution < -0.4 is 10.6 Å². The minimum atomic E-state index is -4.53. The van der Waals surface area contributed by atoms with Crippen LogP contribution in [0.15, 0.2) is 47.4 Å². The molecule has 2 aromatic rings. The number of carbonyl (C=O) groups is 3. The molecule has 10 heteroatoms. The number of thioether (sulfide) groups is 1. The van der Waals surface area contributed by atoms with E-state index in [0.717, 1.165) is 29.5 Å². The normalized spacial score (nSPS) is 16.7. The number of fused-ring (bicyclic) bond motifs is 1. The number of hydrogen-bond acceptors (Lipinski definition) is 5. The summed E-state index contributed by atoms with van der Waals surface area (Å²) >= 11 is 0.972. The average Bonchev–Trinajstić information content (AvgIpc) is 2.67. The maximum Gasteiger partial charge on any atom is 0.416 e. The first-order valence-corrected chi connectivity index (χ1v) is 10.2. The number of rotatable bonds is 5. The smallest absolute Gasteiger partial charge is 0.416 e. The van der Waals surface area contributed by atoms with Crippen molar-refractivity contribution in [2.75, 3.05) is 10.6 Å². The summed E-state index contributed by atoms with van der Waals surface area (Å²) in [6.07, 6.45) is -5.95. The van der Waals surface area contributed by atoms with Crippen molar-refractivity contribution in [1.29, 1.82) is 0 Å². The largest absolute Gasteiger partial charge is 0.452 e. The number of ether oxygens (including phenoxy) is 1. The van der Waals surface area contributed by atoms with Gasteiger partial charge in [0.1, 0.15) is 0 Å². The van der Waals surface area contributed by atoms with E-state index in [9.17, 15) is 27.6 Å². The molecule has 1 heterocycles. The van der Waals surface area contributed by atoms with Gasteiger partial charge in [-0.15, -0.1) is 11.8 Å². The number of carbonyl (C=O) groups excluding carboxylic acids is 3. The zero-order chi connectivity index (χ0) is 22.8. The predicted molar refractivity (Wildman–Crippen MR) is 110 cm³/mol. The van der Waals surface area contributed by atoms with Crippen LogP contribution in [0.2, 0.25) is 0 Å². The lowest BCUT2D eigenvalue weighted by molar-refractivity contribution is -0.153. The SMILES string of the molecule is Cc1cccc(NC(=O)C(C)OC(=O)CC2Sc3ccc(C(F)(F)F)cc3NC2=O)c1. The van der Waals surface area contributed by atoms with Gasteiger partial charge in [-0.3, -0.25) is 14.4 Å². The molecule has 0 fully saturated rings. The van der Waals surface area contributed by atoms with Crippen LogP contribution in [0.1, 0.15) is 24.5 Å². The molecular formula is C21H19F3N2O4S. The van der Waals surface area contributed by atoms with E-state index in [1.165, 1.54) is 13.0 Å². The number of nitrogens with one attached hydrogen (secondary N) is 2. The van der Waals surface area contributed by atoms with E-state index in [2.05, 4.69) is 10.6 Å². The third-order valence-corrected chi connectivity index (χ3v) is 5.72. The summed E-state index contributed by atoms with van der Waals surface area (Å²) in [6, 6.07) is 10.1. The number of benzene rings is 2. The molecule has 3 rings (SSSR count). The average molecular weight is 452 g/mol. The summed E-state index contributed by atoms with van der Waals surface area (Å²) < 4.78 is 43.6. The van der Waals surface area contributed by atoms with Crippen LogP contribution in [0.3, 0.4) is 0 Å². The van der Waals surface area contributed by atoms with Crippen LogP contribution in [-0.2, 0) is 25.3 Å². The van der Waals surface area contributed by atoms with Crippen LogP contribution >= 0.6 is 11.8 Å². The van der Waals surface area contributed by atoms with Crippen molar-refractivity contribution in [3.63, 3.8) is 0 Å². The number of aryl methyl sites for hydroxylation is 1. The molecule has 0 radical (unpaired) electrons. The third-order valence-electron chi connectivity index (χ3n) is 4.44. The molecule has 0 saturated heterocycles. The molecule has 31 heavy (non-hydrogen) atoms. The molecule has 6 nitrogen and oxygen atoms in total. The van der Waals surface area contributed by atoms with Crippen molar-refractivity contribution >= 4 is 40.9 Å². The molecule has 2 N–H and O–H groups in total. The van der Waals surface area contributed by atoms with E-state index >= 15 is 0 Å². The van der Waals surface area contributed by atoms with E-state index in [-0.39, 0.29) is 12.1 Å². The van der Waals surface area contributed by atoms with E-state index < -0.39 is 40.9 Å². The topological polar surface area (TPSA) is 84.5 Å². The van der Waals surface area contributed by atoms with Crippen molar-refractivity contribution in [1.82, 2.24) is 0 Å². The maximum atomic E-state index is 12.8. The molecule has 2 amide bonds. The summed E-state index contributed by atoms with van der Waals surface area (Å²) in [5.41, 5.74) is 0.675. The molecule has 2 aromatic carbocycles. The molecule has 0 saturated carbocycles. The summed E-state index contributed by atoms with van der Waals surface area (Å²) in [7, 11) is 0. The van der Waals surface area contributed by atoms with E-state index in [4.69, 9.17) is 4.74 Å². The molecule has 0 bridgehead atoms. The first-order valence-electron chi connectivity index (χ1n) is 9.28. The van der Waals surface area contributed by atoms with Crippen molar-refractivity contribution in [3.8, 4) is 0 Å². The summed E-state index contributed by atoms with van der Waals surface area (Å²) in [6.45, 7) is 3.28. The monoisotopic (exact) mass is 452 g/mol. The summed E-state index contributed by atoms with van der Waals surface area (Å²) in [4.78, 5) is 37.1. The second-order valence-corrected chi connectivity index (χ2v) is 8.24. The second kappa shape index (κ2) is 9.01. The van der Waals surface area contributed by atoms with Gasteiger partial charge in [0.25, 0.3) is 5.91 Å². The fourth-order valence-corrected chi connectivity index (χ4v) is 3.95. The molecule has 1 aliphatic rings. The van der Waals surface area contributed by atoms with Gasteiger partial charge in [-0.1, -0.05) is 12.1 Å². The van der Waals surface area contributed by atoms with E-state index in [0.29, 0.717) is 10.6 Å². The molecule has 0 spiro atoms. The Labute approximate surface area is 180 Å². The number of alkyl halides is 3. The predicted octanol–water partition coefficient (Wildman–Crippen LogP) is 4.39. The maximum absolute atomic E-state index is 12.8. The highest BCUT2D eigenvalue weighted by molar-refractivity contribution is 8.01. The zero-order valence-corrected chi connectivity index (χ0v) is 17.4. The summed E-state index contributed by atoms with van der Waals surface area (Å²) in [5, 5.41) is 4.15. The lowest BCUT2D eigenvalue weighted by atomic mass is 10.1. The highest BCUT2D eigenvalue weighted by Gasteiger charge is 2.35. The molecule has 2 unspecified atom stereocenters. The van der Waals surface area contributed by atoms with Gasteiger partial charge in [0.05, 0.1) is 22.9 Å². The Kier molecular flexibility index (Phi) is 6.59. The first-order chi connectivity index (χ1) is 14.5. The molecule has 164 valence electrons. The Balaban J connectivity index is 1.58. The van der Waals surface area contributed by atoms with Gasteiger partial charge >= 0.3 is 12.1 Å². The first kappa shape index (κ1) is 22.7. The highest BCUT2D eigenvalue weighted by atomic mass is 32.2. The molecule has 0 aromatic heterocycles. The molecule has 0 aliphatic carbocycles. The minimum absolute atomic E-state index is 0.0420. The van der Waals surface area contributed by atoms with Crippen molar-refractivity contribution in [2.24, 2.45) is 0 Å². The van der Waals surface area contributed by atoms with Gasteiger partial charge in [0.2, 0.25) is 5.91 Å². The quantitative estimate of drug-likeness (QED) is 0.658. The number of anilines is 2. The second-order valence-electron chi connectivity index (χ2n) is 7.00. The van der Waals surface area contributed by atoms with Crippen molar-refractivity contribution in [2.45, 2.75) is 42.7 Å². The zero-order valence-electron chi connectivity index (χ0n) is 16.6. The van der Waals surface area contributed by atoms with Crippen LogP contribution in [0, 0.1) is 6.92 Å². The van der Waals surface area contributed by atoms with E-state index in [1.807, 2.05) is 13.0 Å². The minimum Gasteiger partial charge on any atom is -0.452 e. The van der Waals surface area contributed by atoms with Gasteiger partial charge in [-0.25, -0.2) is 0 Å². The number of amides is 2. The number of halogens is 3. The van der Waals surface area contributed by atoms with Crippen LogP contribution in [0.5, 0.6) is 0 Å². The lowest BCUT2D eigenvalue weighted by Gasteiger charge is -2.24. The van der Waals surface area contributed by atoms with Gasteiger partial charge in [-0.2, -0.15) is 13.2 Å². The van der Waals surface area contributed by atoms with E-state index in [1.54, 1.807) is 18.2 Å². The van der Waals surface area contributed by atoms with Crippen LogP contribution in [0.4, 0.5) is 24.5 Å². The van der Waals surface area contributed by atoms with Crippen molar-refractivity contribution in [3.05, 3.63) is 53.6 Å². The Morgan fingerprint density at radius 3 is 2.65 bits per heavy atom. The highest BCUT2D eigenvalue weighted by Crippen LogP contribution is 2.40. The molecule has 2 atom stereocenters. The van der Waals surface area contributed by atoms with Gasteiger partial charge in [0, 0.05) is 10.6 Å². The Morgan fingerprint density at radius 1 is 1.23 bits per heavy atom. The van der Waals surface area contributed by atoms with Crippen LogP contribution in [0.25, 0.3) is 0 Å². The third kappa shape index (κ3) is 5.78. The Morgan fingerprint density at radius 2 is 1.97 bits per heavy atom. The van der Waals surface area contributed by atoms with Crippen molar-refractivity contribution < 1.29 is 32.3 Å². The van der Waals surface area contributed by atoms with Gasteiger partial charge in [0.15, 0.2) is 6.10 Å². The Bertz CT molecular complexity index is 1030. The fourth-order valence-electron chi connectivity index (χ4n) is 2.88. The fraction of sp³-hybridized carbons (Fsp3) is 0.286. The Hall–Kier alpha value is -3.01. The van der Waals surface area contributed by atoms with Gasteiger partial charge < -0.3 is 15.4 Å². The van der Waals surface area contributed by atoms with Gasteiger partial charge in [-0.05, 0) is 49.7 Å². The molecular weight excluding hydrogens is 433 g/mol. The van der Waals surface area contributed by atoms with Crippen LogP contribution in [-0.4, -0.2) is 29.1 Å². The number of hydrogen-bond donors (Lipinski definition) is 2. The summed E-state index contributed by atoms with van der Waals surface area (Å²) in [5.74, 6) is -1.90. The lowest BCUT2D eigenvalue weighted by Crippen LogP contribution is -2.34. The standard InChI is InChI=1S/C21H19F3N2O4S/c1-11-4-3-5-14(8-11)25-19(28)12(2)30-18(27)10-17-20(29)26-15-9-13(21(22,23)24)6-7-16(15)31-17/h3-9,12,17H,10H2,1-2H3,(H,25,28)(H,26,29).